The lowest BCUT2D eigenvalue weighted by molar-refractivity contribution is 0.117. The van der Waals surface area contributed by atoms with Crippen LogP contribution in [0.4, 0.5) is 8.78 Å². The van der Waals surface area contributed by atoms with Crippen LogP contribution in [0.3, 0.4) is 0 Å². The molecule has 44 heavy (non-hydrogen) atoms. The summed E-state index contributed by atoms with van der Waals surface area (Å²) in [5.41, 5.74) is 0.514. The van der Waals surface area contributed by atoms with Crippen molar-refractivity contribution < 1.29 is 21.9 Å². The molecule has 3 aromatic rings. The fourth-order valence-electron chi connectivity index (χ4n) is 5.28. The fraction of sp³-hybridized carbons (Fsp3) is 0.515. The second-order valence-electron chi connectivity index (χ2n) is 12.3. The van der Waals surface area contributed by atoms with Gasteiger partial charge in [-0.3, -0.25) is 18.3 Å². The van der Waals surface area contributed by atoms with Gasteiger partial charge in [0.2, 0.25) is 5.88 Å². The Hall–Kier alpha value is -2.60. The molecule has 7 nitrogen and oxygen atoms in total. The Kier molecular flexibility index (Phi) is 13.0. The second kappa shape index (κ2) is 16.6. The normalized spacial score (nSPS) is 18.2. The van der Waals surface area contributed by atoms with Gasteiger partial charge in [0.25, 0.3) is 0 Å². The Morgan fingerprint density at radius 2 is 1.32 bits per heavy atom. The molecule has 0 amide bonds. The largest absolute Gasteiger partial charge is 0.471 e. The number of hydrogen-bond donors (Lipinski definition) is 1. The smallest absolute Gasteiger partial charge is 0.237 e. The zero-order chi connectivity index (χ0) is 31.5. The van der Waals surface area contributed by atoms with Gasteiger partial charge >= 0.3 is 0 Å². The lowest BCUT2D eigenvalue weighted by Gasteiger charge is -2.32. The average molecular weight is 647 g/mol. The molecule has 240 valence electrons. The Morgan fingerprint density at radius 1 is 0.818 bits per heavy atom. The summed E-state index contributed by atoms with van der Waals surface area (Å²) >= 11 is 0. The molecule has 0 radical (unpaired) electrons. The van der Waals surface area contributed by atoms with Crippen molar-refractivity contribution in [2.75, 3.05) is 37.7 Å². The van der Waals surface area contributed by atoms with Gasteiger partial charge in [0.05, 0.1) is 31.4 Å². The molecular weight excluding hydrogens is 603 g/mol. The molecule has 3 heterocycles. The lowest BCUT2D eigenvalue weighted by Crippen LogP contribution is -2.35. The summed E-state index contributed by atoms with van der Waals surface area (Å²) in [5.74, 6) is 1.74. The number of piperidine rings is 2. The summed E-state index contributed by atoms with van der Waals surface area (Å²) in [6.45, 7) is 10.4. The van der Waals surface area contributed by atoms with Crippen LogP contribution in [0, 0.1) is 23.5 Å². The molecular formula is C33H44F2N4O3S2. The van der Waals surface area contributed by atoms with Crippen LogP contribution in [0.15, 0.2) is 70.7 Å². The van der Waals surface area contributed by atoms with Gasteiger partial charge in [-0.15, -0.1) is 0 Å². The Labute approximate surface area is 265 Å². The summed E-state index contributed by atoms with van der Waals surface area (Å²) in [4.78, 5) is 11.8. The van der Waals surface area contributed by atoms with Crippen LogP contribution in [0.25, 0.3) is 0 Å². The summed E-state index contributed by atoms with van der Waals surface area (Å²) in [6, 6.07) is 12.7. The van der Waals surface area contributed by atoms with Crippen molar-refractivity contribution >= 4 is 21.6 Å². The summed E-state index contributed by atoms with van der Waals surface area (Å²) in [7, 11) is -2.49. The van der Waals surface area contributed by atoms with Crippen LogP contribution in [0.1, 0.15) is 52.1 Å². The van der Waals surface area contributed by atoms with E-state index in [9.17, 15) is 17.2 Å². The third-order valence-electron chi connectivity index (χ3n) is 7.62. The molecule has 2 aliphatic rings. The van der Waals surface area contributed by atoms with Crippen molar-refractivity contribution in [1.82, 2.24) is 20.2 Å². The minimum Gasteiger partial charge on any atom is -0.471 e. The molecule has 1 N–H and O–H groups in total. The van der Waals surface area contributed by atoms with E-state index >= 15 is 0 Å². The summed E-state index contributed by atoms with van der Waals surface area (Å²) in [5, 5.41) is 3.27. The van der Waals surface area contributed by atoms with Crippen LogP contribution in [0.5, 0.6) is 5.88 Å². The number of nitrogens with zero attached hydrogens (tertiary/aromatic N) is 3. The highest BCUT2D eigenvalue weighted by Gasteiger charge is 2.25. The topological polar surface area (TPSA) is 84.4 Å². The van der Waals surface area contributed by atoms with Gasteiger partial charge in [0.15, 0.2) is 0 Å². The quantitative estimate of drug-likeness (QED) is 0.317. The number of ether oxygens (including phenoxy) is 1. The Morgan fingerprint density at radius 3 is 1.84 bits per heavy atom. The predicted molar refractivity (Wildman–Crippen MR) is 171 cm³/mol. The fourth-order valence-corrected chi connectivity index (χ4v) is 8.19. The van der Waals surface area contributed by atoms with Gasteiger partial charge in [-0.2, -0.15) is 0 Å². The molecule has 5 rings (SSSR count). The maximum Gasteiger partial charge on any atom is 0.237 e. The minimum atomic E-state index is -1.29. The van der Waals surface area contributed by atoms with Crippen LogP contribution >= 0.6 is 0 Å². The van der Waals surface area contributed by atoms with E-state index in [1.165, 1.54) is 12.1 Å². The van der Waals surface area contributed by atoms with E-state index in [0.29, 0.717) is 45.6 Å². The number of rotatable bonds is 9. The predicted octanol–water partition coefficient (Wildman–Crippen LogP) is 5.75. The number of likely N-dealkylation sites (tertiary alicyclic amines) is 1. The van der Waals surface area contributed by atoms with Crippen molar-refractivity contribution in [3.8, 4) is 5.88 Å². The number of hydrogen-bond acceptors (Lipinski definition) is 7. The first-order chi connectivity index (χ1) is 21.1. The number of aromatic nitrogens is 2. The first kappa shape index (κ1) is 34.3. The third kappa shape index (κ3) is 10.8. The van der Waals surface area contributed by atoms with Gasteiger partial charge in [0, 0.05) is 30.4 Å². The maximum atomic E-state index is 13.8. The number of benzene rings is 2. The van der Waals surface area contributed by atoms with Crippen LogP contribution in [0.2, 0.25) is 0 Å². The monoisotopic (exact) mass is 646 g/mol. The highest BCUT2D eigenvalue weighted by atomic mass is 32.2. The number of halogens is 2. The van der Waals surface area contributed by atoms with E-state index in [2.05, 4.69) is 20.2 Å². The van der Waals surface area contributed by atoms with E-state index in [1.54, 1.807) is 48.8 Å². The SMILES string of the molecule is CC(C)(C)Oc1nccnc1CN1CCC(CS(=O)c2ccccc2F)CC1.O=S(CC1CCNCC1)c1ccccc1F. The van der Waals surface area contributed by atoms with Crippen molar-refractivity contribution in [2.45, 2.75) is 68.4 Å². The third-order valence-corrected chi connectivity index (χ3v) is 10.8. The van der Waals surface area contributed by atoms with Crippen LogP contribution in [-0.2, 0) is 28.1 Å². The maximum absolute atomic E-state index is 13.8. The van der Waals surface area contributed by atoms with Gasteiger partial charge in [-0.25, -0.2) is 13.8 Å². The second-order valence-corrected chi connectivity index (χ2v) is 15.2. The Balaban J connectivity index is 0.000000233. The van der Waals surface area contributed by atoms with Crippen molar-refractivity contribution in [3.05, 3.63) is 78.3 Å². The highest BCUT2D eigenvalue weighted by Crippen LogP contribution is 2.25. The van der Waals surface area contributed by atoms with Crippen LogP contribution in [-0.4, -0.2) is 66.6 Å². The molecule has 0 aliphatic carbocycles. The molecule has 0 saturated carbocycles. The zero-order valence-corrected chi connectivity index (χ0v) is 27.5. The summed E-state index contributed by atoms with van der Waals surface area (Å²) in [6.07, 6.45) is 7.30. The molecule has 2 fully saturated rings. The molecule has 0 spiro atoms. The van der Waals surface area contributed by atoms with E-state index in [0.717, 1.165) is 57.6 Å². The van der Waals surface area contributed by atoms with Crippen molar-refractivity contribution in [2.24, 2.45) is 11.8 Å². The van der Waals surface area contributed by atoms with E-state index < -0.39 is 21.6 Å². The zero-order valence-electron chi connectivity index (χ0n) is 25.8. The van der Waals surface area contributed by atoms with Crippen molar-refractivity contribution in [3.63, 3.8) is 0 Å². The van der Waals surface area contributed by atoms with Gasteiger partial charge in [0.1, 0.15) is 22.9 Å². The molecule has 2 saturated heterocycles. The van der Waals surface area contributed by atoms with Gasteiger partial charge in [-0.1, -0.05) is 24.3 Å². The van der Waals surface area contributed by atoms with Gasteiger partial charge < -0.3 is 10.1 Å². The first-order valence-corrected chi connectivity index (χ1v) is 17.9. The van der Waals surface area contributed by atoms with E-state index in [4.69, 9.17) is 4.74 Å². The van der Waals surface area contributed by atoms with Crippen LogP contribution < -0.4 is 10.1 Å². The van der Waals surface area contributed by atoms with E-state index in [-0.39, 0.29) is 17.2 Å². The molecule has 1 aromatic heterocycles. The minimum absolute atomic E-state index is 0.313. The summed E-state index contributed by atoms with van der Waals surface area (Å²) < 4.78 is 57.6. The molecule has 2 atom stereocenters. The molecule has 2 aliphatic heterocycles. The van der Waals surface area contributed by atoms with E-state index in [1.807, 2.05) is 20.8 Å². The highest BCUT2D eigenvalue weighted by molar-refractivity contribution is 7.85. The standard InChI is InChI=1S/C21H28FN3O2S.C12H16FNOS/c1-21(2,3)27-20-18(23-10-11-24-20)14-25-12-8-16(9-13-25)15-28(26)19-7-5-4-6-17(19)22;13-11-3-1-2-4-12(11)16(15)9-10-5-7-14-8-6-10/h4-7,10-11,16H,8-9,12-15H2,1-3H3;1-4,10,14H,5-9H2. The van der Waals surface area contributed by atoms with Gasteiger partial charge in [-0.05, 0) is 109 Å². The number of nitrogens with one attached hydrogen (secondary N) is 1. The molecule has 0 bridgehead atoms. The average Bonchev–Trinajstić information content (AvgIpc) is 3.00. The Bertz CT molecular complexity index is 1390. The first-order valence-electron chi connectivity index (χ1n) is 15.3. The molecule has 2 unspecified atom stereocenters. The molecule has 11 heteroatoms. The van der Waals surface area contributed by atoms with Crippen molar-refractivity contribution in [1.29, 1.82) is 0 Å². The lowest BCUT2D eigenvalue weighted by atomic mass is 9.99. The molecule has 2 aromatic carbocycles.